The number of halogens is 1. The van der Waals surface area contributed by atoms with Gasteiger partial charge < -0.3 is 19.8 Å². The number of H-pyrrole nitrogens is 2. The first-order valence-corrected chi connectivity index (χ1v) is 11.2. The van der Waals surface area contributed by atoms with Gasteiger partial charge in [-0.05, 0) is 47.4 Å². The van der Waals surface area contributed by atoms with Crippen LogP contribution in [0.3, 0.4) is 0 Å². The van der Waals surface area contributed by atoms with Gasteiger partial charge in [0.1, 0.15) is 17.3 Å². The highest BCUT2D eigenvalue weighted by Crippen LogP contribution is 2.42. The van der Waals surface area contributed by atoms with E-state index in [2.05, 4.69) is 15.0 Å². The van der Waals surface area contributed by atoms with Crippen LogP contribution in [0.1, 0.15) is 35.8 Å². The third kappa shape index (κ3) is 3.78. The molecule has 8 heteroatoms. The minimum absolute atomic E-state index is 0.0251. The summed E-state index contributed by atoms with van der Waals surface area (Å²) in [6.45, 7) is 3.99. The van der Waals surface area contributed by atoms with Crippen LogP contribution in [0.4, 0.5) is 4.39 Å². The number of carboxylic acids is 1. The lowest BCUT2D eigenvalue weighted by molar-refractivity contribution is 0.0692. The first-order valence-electron chi connectivity index (χ1n) is 10.4. The zero-order valence-corrected chi connectivity index (χ0v) is 18.7. The van der Waals surface area contributed by atoms with Crippen LogP contribution in [0.5, 0.6) is 10.9 Å². The number of fused-ring (bicyclic) bond motifs is 1. The van der Waals surface area contributed by atoms with Gasteiger partial charge in [-0.25, -0.2) is 14.2 Å². The molecule has 33 heavy (non-hydrogen) atoms. The lowest BCUT2D eigenvalue weighted by Crippen LogP contribution is -2.00. The number of hydrogen-bond acceptors (Lipinski definition) is 4. The van der Waals surface area contributed by atoms with E-state index in [1.54, 1.807) is 24.5 Å². The molecule has 0 amide bonds. The largest absolute Gasteiger partial charge is 0.477 e. The molecule has 0 bridgehead atoms. The summed E-state index contributed by atoms with van der Waals surface area (Å²) in [5.41, 5.74) is 4.06. The number of nitrogens with one attached hydrogen (secondary N) is 2. The Bertz CT molecular complexity index is 1450. The van der Waals surface area contributed by atoms with E-state index in [9.17, 15) is 14.3 Å². The smallest absolute Gasteiger partial charge is 0.352 e. The fourth-order valence-electron chi connectivity index (χ4n) is 4.15. The van der Waals surface area contributed by atoms with Gasteiger partial charge in [-0.1, -0.05) is 37.3 Å². The Balaban J connectivity index is 1.68. The van der Waals surface area contributed by atoms with Crippen molar-refractivity contribution in [3.63, 3.8) is 0 Å². The molecule has 5 rings (SSSR count). The van der Waals surface area contributed by atoms with Crippen molar-refractivity contribution >= 4 is 28.2 Å². The maximum absolute atomic E-state index is 14.4. The predicted octanol–water partition coefficient (Wildman–Crippen LogP) is 7.04. The minimum atomic E-state index is -1.08. The molecule has 3 N–H and O–H groups in total. The Morgan fingerprint density at radius 3 is 2.64 bits per heavy atom. The van der Waals surface area contributed by atoms with Crippen molar-refractivity contribution in [1.82, 2.24) is 15.0 Å². The number of carboxylic acid groups (broad SMARTS) is 1. The van der Waals surface area contributed by atoms with Crippen LogP contribution in [0.2, 0.25) is 0 Å². The van der Waals surface area contributed by atoms with Crippen LogP contribution in [0.15, 0.2) is 60.2 Å². The summed E-state index contributed by atoms with van der Waals surface area (Å²) in [6, 6.07) is 11.9. The molecule has 5 aromatic rings. The van der Waals surface area contributed by atoms with Gasteiger partial charge >= 0.3 is 5.97 Å². The topological polar surface area (TPSA) is 91.0 Å². The van der Waals surface area contributed by atoms with Crippen molar-refractivity contribution in [2.45, 2.75) is 19.8 Å². The van der Waals surface area contributed by atoms with Gasteiger partial charge in [-0.2, -0.15) is 0 Å². The quantitative estimate of drug-likeness (QED) is 0.253. The first-order chi connectivity index (χ1) is 15.9. The van der Waals surface area contributed by atoms with Crippen LogP contribution in [0.25, 0.3) is 33.3 Å². The number of rotatable bonds is 6. The highest BCUT2D eigenvalue weighted by atomic mass is 32.1. The number of benzene rings is 2. The second kappa shape index (κ2) is 8.22. The van der Waals surface area contributed by atoms with E-state index in [1.165, 1.54) is 23.5 Å². The van der Waals surface area contributed by atoms with Gasteiger partial charge in [-0.3, -0.25) is 0 Å². The van der Waals surface area contributed by atoms with Crippen molar-refractivity contribution in [1.29, 1.82) is 0 Å². The highest BCUT2D eigenvalue weighted by molar-refractivity contribution is 7.11. The highest BCUT2D eigenvalue weighted by Gasteiger charge is 2.26. The Kier molecular flexibility index (Phi) is 5.22. The van der Waals surface area contributed by atoms with E-state index in [0.29, 0.717) is 33.3 Å². The summed E-state index contributed by atoms with van der Waals surface area (Å²) in [7, 11) is 0. The van der Waals surface area contributed by atoms with E-state index < -0.39 is 11.8 Å². The summed E-state index contributed by atoms with van der Waals surface area (Å²) in [4.78, 5) is 22.5. The molecule has 0 radical (unpaired) electrons. The van der Waals surface area contributed by atoms with E-state index in [-0.39, 0.29) is 11.6 Å². The van der Waals surface area contributed by atoms with Gasteiger partial charge in [0, 0.05) is 39.8 Å². The molecule has 0 saturated carbocycles. The molecule has 0 spiro atoms. The maximum Gasteiger partial charge on any atom is 0.352 e. The molecule has 0 aliphatic rings. The molecular formula is C25H20FN3O3S. The third-order valence-electron chi connectivity index (χ3n) is 5.49. The van der Waals surface area contributed by atoms with E-state index >= 15 is 0 Å². The fraction of sp³-hybridized carbons (Fsp3) is 0.120. The first kappa shape index (κ1) is 21.0. The van der Waals surface area contributed by atoms with Gasteiger partial charge in [0.2, 0.25) is 0 Å². The summed E-state index contributed by atoms with van der Waals surface area (Å²) >= 11 is 1.39. The van der Waals surface area contributed by atoms with Gasteiger partial charge in [0.25, 0.3) is 5.19 Å². The molecule has 0 fully saturated rings. The zero-order chi connectivity index (χ0) is 23.1. The van der Waals surface area contributed by atoms with Crippen LogP contribution >= 0.6 is 11.3 Å². The van der Waals surface area contributed by atoms with E-state index in [4.69, 9.17) is 4.74 Å². The number of thiazole rings is 1. The van der Waals surface area contributed by atoms with Crippen molar-refractivity contribution in [2.75, 3.05) is 0 Å². The number of ether oxygens (including phenoxy) is 1. The molecule has 0 atom stereocenters. The van der Waals surface area contributed by atoms with Crippen LogP contribution in [-0.4, -0.2) is 26.0 Å². The molecule has 3 aromatic heterocycles. The molecule has 6 nitrogen and oxygen atoms in total. The predicted molar refractivity (Wildman–Crippen MR) is 127 cm³/mol. The van der Waals surface area contributed by atoms with Crippen molar-refractivity contribution in [3.8, 4) is 33.3 Å². The second-order valence-electron chi connectivity index (χ2n) is 7.94. The Hall–Kier alpha value is -3.91. The number of carbonyl (C=O) groups is 1. The fourth-order valence-corrected chi connectivity index (χ4v) is 4.66. The zero-order valence-electron chi connectivity index (χ0n) is 17.8. The minimum Gasteiger partial charge on any atom is -0.477 e. The van der Waals surface area contributed by atoms with Crippen molar-refractivity contribution in [2.24, 2.45) is 0 Å². The normalized spacial score (nSPS) is 11.4. The molecule has 166 valence electrons. The van der Waals surface area contributed by atoms with Crippen LogP contribution < -0.4 is 4.74 Å². The van der Waals surface area contributed by atoms with E-state index in [1.807, 2.05) is 37.4 Å². The molecule has 0 aliphatic heterocycles. The van der Waals surface area contributed by atoms with Crippen LogP contribution in [0, 0.1) is 5.82 Å². The number of nitrogens with zero attached hydrogens (tertiary/aromatic N) is 1. The molecule has 0 saturated heterocycles. The summed E-state index contributed by atoms with van der Waals surface area (Å²) < 4.78 is 20.1. The molecule has 2 aromatic carbocycles. The summed E-state index contributed by atoms with van der Waals surface area (Å²) in [5.74, 6) is -0.899. The summed E-state index contributed by atoms with van der Waals surface area (Å²) in [6.07, 6.45) is 3.41. The average Bonchev–Trinajstić information content (AvgIpc) is 3.53. The third-order valence-corrected chi connectivity index (χ3v) is 6.14. The number of hydrogen-bond donors (Lipinski definition) is 3. The number of aromatic nitrogens is 3. The SMILES string of the molecule is CC(C)c1c(-c2cc(F)cc3[nH]ccc23)[nH]c(C(=O)O)c1-c1ccc(Oc2nccs2)cc1. The van der Waals surface area contributed by atoms with Crippen LogP contribution in [-0.2, 0) is 0 Å². The molecule has 0 unspecified atom stereocenters. The lowest BCUT2D eigenvalue weighted by Gasteiger charge is -2.13. The second-order valence-corrected chi connectivity index (χ2v) is 8.80. The van der Waals surface area contributed by atoms with Gasteiger partial charge in [-0.15, -0.1) is 0 Å². The average molecular weight is 462 g/mol. The van der Waals surface area contributed by atoms with Gasteiger partial charge in [0.05, 0.1) is 5.69 Å². The molecule has 0 aliphatic carbocycles. The number of aromatic carboxylic acids is 1. The van der Waals surface area contributed by atoms with Crippen molar-refractivity contribution in [3.05, 3.63) is 77.3 Å². The maximum atomic E-state index is 14.4. The van der Waals surface area contributed by atoms with Gasteiger partial charge in [0.15, 0.2) is 0 Å². The Morgan fingerprint density at radius 1 is 1.18 bits per heavy atom. The number of aromatic amines is 2. The molecule has 3 heterocycles. The molecular weight excluding hydrogens is 441 g/mol. The van der Waals surface area contributed by atoms with E-state index in [0.717, 1.165) is 16.5 Å². The standard InChI is InChI=1S/C25H20FN3O3S/c1-13(2)20-21(14-3-5-16(6-4-14)32-25-28-9-10-33-25)23(24(30)31)29-22(20)18-11-15(26)12-19-17(18)7-8-27-19/h3-13,27,29H,1-2H3,(H,30,31). The Labute approximate surface area is 192 Å². The summed E-state index contributed by atoms with van der Waals surface area (Å²) in [5, 5.41) is 13.2. The monoisotopic (exact) mass is 461 g/mol. The Morgan fingerprint density at radius 2 is 1.97 bits per heavy atom. The lowest BCUT2D eigenvalue weighted by atomic mass is 9.90. The van der Waals surface area contributed by atoms with Crippen molar-refractivity contribution < 1.29 is 19.0 Å².